The fourth-order valence-corrected chi connectivity index (χ4v) is 4.92. The Kier molecular flexibility index (Phi) is 5.95. The molecule has 2 aromatic carbocycles. The maximum absolute atomic E-state index is 13.5. The zero-order valence-electron chi connectivity index (χ0n) is 19.9. The second-order valence-electron chi connectivity index (χ2n) is 9.81. The van der Waals surface area contributed by atoms with Crippen molar-refractivity contribution in [1.82, 2.24) is 19.4 Å². The number of anilines is 1. The molecule has 1 amide bonds. The molecule has 7 nitrogen and oxygen atoms in total. The van der Waals surface area contributed by atoms with Crippen molar-refractivity contribution in [2.75, 3.05) is 65.4 Å². The van der Waals surface area contributed by atoms with Gasteiger partial charge in [0.1, 0.15) is 11.5 Å². The number of morpholine rings is 1. The van der Waals surface area contributed by atoms with Crippen molar-refractivity contribution in [3.05, 3.63) is 53.9 Å². The van der Waals surface area contributed by atoms with Crippen LogP contribution in [0.3, 0.4) is 0 Å². The summed E-state index contributed by atoms with van der Waals surface area (Å²) in [4.78, 5) is 26.6. The summed E-state index contributed by atoms with van der Waals surface area (Å²) in [5.41, 5.74) is 4.77. The summed E-state index contributed by atoms with van der Waals surface area (Å²) in [5.74, 6) is 1.62. The van der Waals surface area contributed by atoms with Gasteiger partial charge in [-0.2, -0.15) is 0 Å². The van der Waals surface area contributed by atoms with Crippen LogP contribution in [0, 0.1) is 0 Å². The first-order valence-electron chi connectivity index (χ1n) is 11.9. The molecule has 0 atom stereocenters. The maximum atomic E-state index is 13.5. The molecule has 0 bridgehead atoms. The van der Waals surface area contributed by atoms with Gasteiger partial charge in [-0.15, -0.1) is 0 Å². The van der Waals surface area contributed by atoms with Gasteiger partial charge in [0.15, 0.2) is 0 Å². The number of quaternary nitrogens is 1. The number of rotatable bonds is 4. The molecule has 174 valence electrons. The average Bonchev–Trinajstić information content (AvgIpc) is 3.28. The smallest absolute Gasteiger partial charge is 0.350 e. The molecule has 3 aromatic rings. The van der Waals surface area contributed by atoms with Crippen LogP contribution < -0.4 is 9.38 Å². The Morgan fingerprint density at radius 1 is 1.03 bits per heavy atom. The summed E-state index contributed by atoms with van der Waals surface area (Å²) in [7, 11) is 6.08. The highest BCUT2D eigenvalue weighted by Gasteiger charge is 2.32. The highest BCUT2D eigenvalue weighted by atomic mass is 16.5. The van der Waals surface area contributed by atoms with Gasteiger partial charge in [-0.25, -0.2) is 14.3 Å². The van der Waals surface area contributed by atoms with E-state index in [1.165, 1.54) is 0 Å². The molecule has 2 fully saturated rings. The Bertz CT molecular complexity index is 1120. The van der Waals surface area contributed by atoms with Crippen molar-refractivity contribution in [2.24, 2.45) is 0 Å². The highest BCUT2D eigenvalue weighted by molar-refractivity contribution is 6.02. The summed E-state index contributed by atoms with van der Waals surface area (Å²) in [6.45, 7) is 5.49. The van der Waals surface area contributed by atoms with E-state index in [-0.39, 0.29) is 10.4 Å². The van der Waals surface area contributed by atoms with Crippen molar-refractivity contribution >= 4 is 28.3 Å². The number of H-pyrrole nitrogens is 1. The van der Waals surface area contributed by atoms with Gasteiger partial charge in [-0.1, -0.05) is 0 Å². The molecule has 0 saturated carbocycles. The molecule has 5 rings (SSSR count). The Hall–Kier alpha value is -2.74. The minimum Gasteiger partial charge on any atom is -0.378 e. The predicted molar refractivity (Wildman–Crippen MR) is 133 cm³/mol. The van der Waals surface area contributed by atoms with E-state index in [1.54, 1.807) is 0 Å². The van der Waals surface area contributed by atoms with Gasteiger partial charge in [0.2, 0.25) is 0 Å². The molecule has 0 aliphatic carbocycles. The number of aromatic nitrogens is 2. The van der Waals surface area contributed by atoms with Crippen LogP contribution in [0.25, 0.3) is 11.0 Å². The van der Waals surface area contributed by atoms with Gasteiger partial charge in [0.25, 0.3) is 0 Å². The van der Waals surface area contributed by atoms with Crippen LogP contribution in [0.15, 0.2) is 42.5 Å². The summed E-state index contributed by atoms with van der Waals surface area (Å²) >= 11 is 0. The molecule has 3 heterocycles. The van der Waals surface area contributed by atoms with E-state index in [9.17, 15) is 4.79 Å². The molecular formula is C26H34N5O2+. The fourth-order valence-electron chi connectivity index (χ4n) is 4.92. The van der Waals surface area contributed by atoms with E-state index in [2.05, 4.69) is 27.9 Å². The van der Waals surface area contributed by atoms with E-state index >= 15 is 0 Å². The second kappa shape index (κ2) is 8.89. The third kappa shape index (κ3) is 4.40. The quantitative estimate of drug-likeness (QED) is 0.618. The van der Waals surface area contributed by atoms with Gasteiger partial charge >= 0.3 is 5.91 Å². The Morgan fingerprint density at radius 2 is 1.73 bits per heavy atom. The maximum Gasteiger partial charge on any atom is 0.350 e. The first-order valence-corrected chi connectivity index (χ1v) is 11.9. The lowest BCUT2D eigenvalue weighted by molar-refractivity contribution is 0.0831. The molecule has 0 spiro atoms. The van der Waals surface area contributed by atoms with Crippen molar-refractivity contribution in [3.63, 3.8) is 0 Å². The molecule has 2 saturated heterocycles. The number of likely N-dealkylation sites (tertiary alicyclic amines) is 1. The number of hydrogen-bond donors (Lipinski definition) is 1. The van der Waals surface area contributed by atoms with Gasteiger partial charge in [-0.3, -0.25) is 0 Å². The fraction of sp³-hybridized carbons (Fsp3) is 0.462. The van der Waals surface area contributed by atoms with E-state index in [0.717, 1.165) is 80.5 Å². The number of aromatic amines is 1. The van der Waals surface area contributed by atoms with Gasteiger partial charge in [-0.05, 0) is 63.3 Å². The number of benzene rings is 2. The molecule has 1 N–H and O–H groups in total. The van der Waals surface area contributed by atoms with Crippen LogP contribution in [0.5, 0.6) is 0 Å². The van der Waals surface area contributed by atoms with Crippen LogP contribution >= 0.6 is 0 Å². The van der Waals surface area contributed by atoms with Gasteiger partial charge in [0.05, 0.1) is 43.9 Å². The number of amides is 1. The lowest BCUT2D eigenvalue weighted by Gasteiger charge is -2.29. The number of imidazole rings is 1. The van der Waals surface area contributed by atoms with Crippen molar-refractivity contribution < 1.29 is 9.53 Å². The zero-order valence-corrected chi connectivity index (χ0v) is 19.9. The topological polar surface area (TPSA) is 61.5 Å². The largest absolute Gasteiger partial charge is 0.378 e. The van der Waals surface area contributed by atoms with Crippen LogP contribution in [0.1, 0.15) is 34.9 Å². The van der Waals surface area contributed by atoms with Crippen LogP contribution in [-0.4, -0.2) is 81.3 Å². The Morgan fingerprint density at radius 3 is 2.42 bits per heavy atom. The first kappa shape index (κ1) is 22.1. The van der Waals surface area contributed by atoms with Gasteiger partial charge < -0.3 is 19.5 Å². The Balaban J connectivity index is 1.35. The van der Waals surface area contributed by atoms with Crippen molar-refractivity contribution in [3.8, 4) is 0 Å². The second-order valence-corrected chi connectivity index (χ2v) is 9.81. The third-order valence-electron chi connectivity index (χ3n) is 7.23. The minimum atomic E-state index is 0.0675. The highest BCUT2D eigenvalue weighted by Crippen LogP contribution is 2.30. The number of carbonyl (C=O) groups excluding carboxylic acids is 1. The van der Waals surface area contributed by atoms with Crippen LogP contribution in [0.4, 0.5) is 11.4 Å². The van der Waals surface area contributed by atoms with Crippen molar-refractivity contribution in [2.45, 2.75) is 18.8 Å². The molecule has 0 unspecified atom stereocenters. The normalized spacial score (nSPS) is 18.7. The number of nitrogens with zero attached hydrogens (tertiary/aromatic N) is 4. The third-order valence-corrected chi connectivity index (χ3v) is 7.23. The standard InChI is InChI=1S/C26H34N5O2/c1-29-12-10-19(11-13-29)25-27-23-9-8-22(18-24(23)28-25)31(2,3)26(32)20-4-6-21(7-5-20)30-14-16-33-17-15-30/h4-9,18-19H,10-17H2,1-3H3,(H,27,28)/q+1. The summed E-state index contributed by atoms with van der Waals surface area (Å²) in [6, 6.07) is 14.1. The number of piperidine rings is 1. The summed E-state index contributed by atoms with van der Waals surface area (Å²) in [6.07, 6.45) is 2.26. The molecule has 2 aliphatic rings. The molecule has 7 heteroatoms. The van der Waals surface area contributed by atoms with E-state index < -0.39 is 0 Å². The van der Waals surface area contributed by atoms with Gasteiger partial charge in [0, 0.05) is 36.8 Å². The van der Waals surface area contributed by atoms with Crippen LogP contribution in [0.2, 0.25) is 0 Å². The molecule has 2 aliphatic heterocycles. The molecular weight excluding hydrogens is 414 g/mol. The summed E-state index contributed by atoms with van der Waals surface area (Å²) < 4.78 is 5.59. The van der Waals surface area contributed by atoms with Crippen LogP contribution in [-0.2, 0) is 4.74 Å². The first-order chi connectivity index (χ1) is 15.9. The Labute approximate surface area is 195 Å². The monoisotopic (exact) mass is 448 g/mol. The minimum absolute atomic E-state index is 0.0675. The summed E-state index contributed by atoms with van der Waals surface area (Å²) in [5, 5.41) is 0. The average molecular weight is 449 g/mol. The number of hydrogen-bond acceptors (Lipinski definition) is 5. The number of ether oxygens (including phenoxy) is 1. The number of fused-ring (bicyclic) bond motifs is 1. The molecule has 1 aromatic heterocycles. The zero-order chi connectivity index (χ0) is 23.0. The molecule has 0 radical (unpaired) electrons. The number of carbonyl (C=O) groups is 1. The lowest BCUT2D eigenvalue weighted by atomic mass is 9.97. The number of nitrogens with one attached hydrogen (secondary N) is 1. The lowest BCUT2D eigenvalue weighted by Crippen LogP contribution is -2.46. The van der Waals surface area contributed by atoms with Crippen molar-refractivity contribution in [1.29, 1.82) is 0 Å². The SMILES string of the molecule is CN1CCC(c2nc3ccc([N+](C)(C)C(=O)c4ccc(N5CCOCC5)cc4)cc3[nH]2)CC1. The predicted octanol–water partition coefficient (Wildman–Crippen LogP) is 3.62. The van der Waals surface area contributed by atoms with E-state index in [0.29, 0.717) is 11.5 Å². The van der Waals surface area contributed by atoms with E-state index in [1.807, 2.05) is 50.5 Å². The molecule has 33 heavy (non-hydrogen) atoms. The van der Waals surface area contributed by atoms with E-state index in [4.69, 9.17) is 9.72 Å².